The molecule has 0 spiro atoms. The van der Waals surface area contributed by atoms with E-state index in [4.69, 9.17) is 28.4 Å². The minimum Gasteiger partial charge on any atom is -0.497 e. The molecular formula is C29H33BrO6. The minimum atomic E-state index is -0.608. The van der Waals surface area contributed by atoms with Crippen molar-refractivity contribution in [3.63, 3.8) is 0 Å². The zero-order valence-electron chi connectivity index (χ0n) is 20.6. The van der Waals surface area contributed by atoms with Gasteiger partial charge in [0.1, 0.15) is 24.1 Å². The van der Waals surface area contributed by atoms with E-state index in [0.29, 0.717) is 25.2 Å². The lowest BCUT2D eigenvalue weighted by atomic mass is 9.98. The third-order valence-corrected chi connectivity index (χ3v) is 6.79. The van der Waals surface area contributed by atoms with Crippen molar-refractivity contribution in [1.82, 2.24) is 0 Å². The molecule has 0 unspecified atom stereocenters. The highest BCUT2D eigenvalue weighted by Gasteiger charge is 2.48. The number of alkyl halides is 1. The fourth-order valence-corrected chi connectivity index (χ4v) is 4.73. The van der Waals surface area contributed by atoms with Crippen molar-refractivity contribution in [2.24, 2.45) is 0 Å². The Morgan fingerprint density at radius 3 is 1.64 bits per heavy atom. The molecule has 0 radical (unpaired) electrons. The smallest absolute Gasteiger partial charge is 0.186 e. The van der Waals surface area contributed by atoms with Crippen molar-refractivity contribution in [2.75, 3.05) is 19.5 Å². The lowest BCUT2D eigenvalue weighted by molar-refractivity contribution is -0.313. The zero-order chi connectivity index (χ0) is 25.2. The molecule has 0 aromatic heterocycles. The molecule has 3 aromatic carbocycles. The molecule has 0 aliphatic carbocycles. The fraction of sp³-hybridized carbons (Fsp3) is 0.379. The highest BCUT2D eigenvalue weighted by atomic mass is 79.9. The first-order chi connectivity index (χ1) is 17.7. The van der Waals surface area contributed by atoms with Gasteiger partial charge >= 0.3 is 0 Å². The number of hydrogen-bond donors (Lipinski definition) is 0. The predicted molar refractivity (Wildman–Crippen MR) is 141 cm³/mol. The van der Waals surface area contributed by atoms with Crippen LogP contribution in [0, 0.1) is 0 Å². The van der Waals surface area contributed by atoms with Crippen molar-refractivity contribution in [2.45, 2.75) is 50.5 Å². The summed E-state index contributed by atoms with van der Waals surface area (Å²) in [6.07, 6.45) is -2.19. The molecule has 6 nitrogen and oxygen atoms in total. The molecule has 0 N–H and O–H groups in total. The van der Waals surface area contributed by atoms with Crippen molar-refractivity contribution in [1.29, 1.82) is 0 Å². The van der Waals surface area contributed by atoms with Gasteiger partial charge in [-0.05, 0) is 28.8 Å². The first-order valence-corrected chi connectivity index (χ1v) is 13.1. The van der Waals surface area contributed by atoms with Crippen LogP contribution in [0.2, 0.25) is 0 Å². The van der Waals surface area contributed by atoms with E-state index in [9.17, 15) is 0 Å². The summed E-state index contributed by atoms with van der Waals surface area (Å²) in [6.45, 7) is 1.23. The molecule has 3 aromatic rings. The first kappa shape index (κ1) is 26.8. The maximum absolute atomic E-state index is 6.52. The van der Waals surface area contributed by atoms with Gasteiger partial charge in [0.15, 0.2) is 6.29 Å². The highest BCUT2D eigenvalue weighted by Crippen LogP contribution is 2.31. The van der Waals surface area contributed by atoms with Gasteiger partial charge in [0, 0.05) is 12.4 Å². The van der Waals surface area contributed by atoms with E-state index in [0.717, 1.165) is 22.4 Å². The van der Waals surface area contributed by atoms with Crippen LogP contribution in [0.25, 0.3) is 0 Å². The van der Waals surface area contributed by atoms with Gasteiger partial charge in [-0.2, -0.15) is 0 Å². The number of halogens is 1. The SMILES string of the molecule is COc1ccc(CO[C@@H]2[C@@H](OC)O[C@H](CBr)[C@@H](OCc3ccccc3)[C@H]2OCc2ccccc2)cc1. The van der Waals surface area contributed by atoms with Crippen LogP contribution in [0.5, 0.6) is 5.75 Å². The van der Waals surface area contributed by atoms with Crippen molar-refractivity contribution in [3.05, 3.63) is 102 Å². The summed E-state index contributed by atoms with van der Waals surface area (Å²) >= 11 is 3.60. The van der Waals surface area contributed by atoms with Crippen LogP contribution in [-0.4, -0.2) is 50.3 Å². The number of methoxy groups -OCH3 is 2. The van der Waals surface area contributed by atoms with Gasteiger partial charge < -0.3 is 28.4 Å². The molecule has 1 aliphatic rings. The number of hydrogen-bond acceptors (Lipinski definition) is 6. The highest BCUT2D eigenvalue weighted by molar-refractivity contribution is 9.09. The normalized spacial score (nSPS) is 23.9. The summed E-state index contributed by atoms with van der Waals surface area (Å²) in [5, 5.41) is 0.572. The molecule has 7 heteroatoms. The largest absolute Gasteiger partial charge is 0.497 e. The molecule has 1 fully saturated rings. The van der Waals surface area contributed by atoms with E-state index in [-0.39, 0.29) is 12.2 Å². The average molecular weight is 557 g/mol. The van der Waals surface area contributed by atoms with E-state index in [1.165, 1.54) is 0 Å². The molecule has 4 rings (SSSR count). The zero-order valence-corrected chi connectivity index (χ0v) is 22.2. The van der Waals surface area contributed by atoms with Crippen LogP contribution < -0.4 is 4.74 Å². The van der Waals surface area contributed by atoms with Gasteiger partial charge in [-0.15, -0.1) is 0 Å². The van der Waals surface area contributed by atoms with Crippen molar-refractivity contribution >= 4 is 15.9 Å². The standard InChI is InChI=1S/C29H33BrO6/c1-31-24-15-13-23(14-16-24)20-35-28-27(34-19-22-11-7-4-8-12-22)26(25(17-30)36-29(28)32-2)33-18-21-9-5-3-6-10-21/h3-16,25-29H,17-20H2,1-2H3/t25-,26-,27-,28+,29+/m1/s1. The topological polar surface area (TPSA) is 55.4 Å². The monoisotopic (exact) mass is 556 g/mol. The third kappa shape index (κ3) is 7.16. The quantitative estimate of drug-likeness (QED) is 0.274. The predicted octanol–water partition coefficient (Wildman–Crippen LogP) is 5.52. The van der Waals surface area contributed by atoms with Crippen molar-refractivity contribution < 1.29 is 28.4 Å². The molecule has 192 valence electrons. The van der Waals surface area contributed by atoms with Gasteiger partial charge in [0.25, 0.3) is 0 Å². The maximum Gasteiger partial charge on any atom is 0.186 e. The summed E-state index contributed by atoms with van der Waals surface area (Å²) in [6, 6.07) is 28.0. The van der Waals surface area contributed by atoms with Crippen LogP contribution in [0.15, 0.2) is 84.9 Å². The van der Waals surface area contributed by atoms with Gasteiger partial charge in [-0.3, -0.25) is 0 Å². The van der Waals surface area contributed by atoms with Gasteiger partial charge in [-0.1, -0.05) is 88.7 Å². The second-order valence-electron chi connectivity index (χ2n) is 8.58. The Kier molecular flexibility index (Phi) is 10.3. The summed E-state index contributed by atoms with van der Waals surface area (Å²) in [4.78, 5) is 0. The lowest BCUT2D eigenvalue weighted by Crippen LogP contribution is -2.61. The van der Waals surface area contributed by atoms with E-state index in [2.05, 4.69) is 15.9 Å². The number of benzene rings is 3. The molecule has 5 atom stereocenters. The van der Waals surface area contributed by atoms with Gasteiger partial charge in [0.05, 0.1) is 33.0 Å². The molecule has 0 amide bonds. The summed E-state index contributed by atoms with van der Waals surface area (Å²) in [7, 11) is 3.28. The molecule has 1 heterocycles. The Morgan fingerprint density at radius 1 is 0.639 bits per heavy atom. The Morgan fingerprint density at radius 2 is 1.14 bits per heavy atom. The van der Waals surface area contributed by atoms with Gasteiger partial charge in [0.2, 0.25) is 0 Å². The molecule has 1 aliphatic heterocycles. The molecule has 1 saturated heterocycles. The molecule has 36 heavy (non-hydrogen) atoms. The minimum absolute atomic E-state index is 0.278. The van der Waals surface area contributed by atoms with Crippen LogP contribution in [0.4, 0.5) is 0 Å². The average Bonchev–Trinajstić information content (AvgIpc) is 2.95. The van der Waals surface area contributed by atoms with Crippen molar-refractivity contribution in [3.8, 4) is 5.75 Å². The summed E-state index contributed by atoms with van der Waals surface area (Å²) < 4.78 is 36.7. The van der Waals surface area contributed by atoms with Gasteiger partial charge in [-0.25, -0.2) is 0 Å². The summed E-state index contributed by atoms with van der Waals surface area (Å²) in [5.74, 6) is 0.799. The molecule has 0 bridgehead atoms. The molecule has 0 saturated carbocycles. The number of ether oxygens (including phenoxy) is 6. The molecular weight excluding hydrogens is 524 g/mol. The Bertz CT molecular complexity index is 1020. The van der Waals surface area contributed by atoms with E-state index in [1.54, 1.807) is 14.2 Å². The fourth-order valence-electron chi connectivity index (χ4n) is 4.21. The Labute approximate surface area is 221 Å². The summed E-state index contributed by atoms with van der Waals surface area (Å²) in [5.41, 5.74) is 3.16. The van der Waals surface area contributed by atoms with E-state index < -0.39 is 18.5 Å². The van der Waals surface area contributed by atoms with Crippen LogP contribution in [-0.2, 0) is 43.5 Å². The van der Waals surface area contributed by atoms with Crippen LogP contribution in [0.1, 0.15) is 16.7 Å². The van der Waals surface area contributed by atoms with Crippen LogP contribution >= 0.6 is 15.9 Å². The maximum atomic E-state index is 6.52. The van der Waals surface area contributed by atoms with E-state index in [1.807, 2.05) is 84.9 Å². The first-order valence-electron chi connectivity index (χ1n) is 12.0. The van der Waals surface area contributed by atoms with E-state index >= 15 is 0 Å². The Hall–Kier alpha value is -2.26. The second-order valence-corrected chi connectivity index (χ2v) is 9.23. The van der Waals surface area contributed by atoms with Crippen LogP contribution in [0.3, 0.4) is 0 Å². The number of rotatable bonds is 12. The second kappa shape index (κ2) is 13.9. The lowest BCUT2D eigenvalue weighted by Gasteiger charge is -2.45. The third-order valence-electron chi connectivity index (χ3n) is 6.15. The Balaban J connectivity index is 1.55.